The van der Waals surface area contributed by atoms with E-state index < -0.39 is 4.33 Å². The quantitative estimate of drug-likeness (QED) is 0.717. The Kier molecular flexibility index (Phi) is 2.87. The molecular weight excluding hydrogens is 299 g/mol. The van der Waals surface area contributed by atoms with E-state index in [9.17, 15) is 4.79 Å². The molecule has 1 nitrogen and oxygen atoms in total. The van der Waals surface area contributed by atoms with Crippen molar-refractivity contribution in [3.05, 3.63) is 33.8 Å². The number of rotatable bonds is 1. The molecule has 1 aromatic carbocycles. The van der Waals surface area contributed by atoms with Crippen molar-refractivity contribution < 1.29 is 4.79 Å². The van der Waals surface area contributed by atoms with Crippen LogP contribution in [0.5, 0.6) is 0 Å². The van der Waals surface area contributed by atoms with Crippen molar-refractivity contribution >= 4 is 44.9 Å². The van der Waals surface area contributed by atoms with Crippen molar-refractivity contribution in [2.45, 2.75) is 23.6 Å². The van der Waals surface area contributed by atoms with Crippen LogP contribution in [0.2, 0.25) is 0 Å². The largest absolute Gasteiger partial charge is 0.296 e. The van der Waals surface area contributed by atoms with E-state index in [0.717, 1.165) is 15.6 Å². The summed E-state index contributed by atoms with van der Waals surface area (Å²) in [4.78, 5) is 11.2. The lowest BCUT2D eigenvalue weighted by Crippen LogP contribution is -2.45. The minimum atomic E-state index is -1.22. The third-order valence-corrected chi connectivity index (χ3v) is 4.62. The first-order valence-corrected chi connectivity index (χ1v) is 6.15. The molecular formula is C11H9BrCl2O. The fourth-order valence-corrected chi connectivity index (χ4v) is 2.53. The summed E-state index contributed by atoms with van der Waals surface area (Å²) in [6, 6.07) is 5.92. The van der Waals surface area contributed by atoms with E-state index in [-0.39, 0.29) is 11.7 Å². The van der Waals surface area contributed by atoms with Gasteiger partial charge in [-0.15, -0.1) is 0 Å². The van der Waals surface area contributed by atoms with E-state index in [0.29, 0.717) is 6.42 Å². The Hall–Kier alpha value is -0.0500. The first-order chi connectivity index (χ1) is 6.93. The van der Waals surface area contributed by atoms with E-state index in [1.165, 1.54) is 0 Å². The van der Waals surface area contributed by atoms with Crippen LogP contribution in [0, 0.1) is 6.92 Å². The summed E-state index contributed by atoms with van der Waals surface area (Å²) in [6.45, 7) is 2.00. The number of carbonyl (C=O) groups excluding carboxylic acids is 1. The van der Waals surface area contributed by atoms with Crippen LogP contribution in [0.4, 0.5) is 0 Å². The zero-order valence-electron chi connectivity index (χ0n) is 8.06. The van der Waals surface area contributed by atoms with Crippen molar-refractivity contribution in [3.8, 4) is 0 Å². The van der Waals surface area contributed by atoms with Crippen LogP contribution in [0.3, 0.4) is 0 Å². The summed E-state index contributed by atoms with van der Waals surface area (Å²) in [5, 5.41) is 0. The number of hydrogen-bond acceptors (Lipinski definition) is 1. The van der Waals surface area contributed by atoms with Gasteiger partial charge in [0, 0.05) is 16.8 Å². The van der Waals surface area contributed by atoms with Crippen LogP contribution in [0.1, 0.15) is 23.5 Å². The van der Waals surface area contributed by atoms with Gasteiger partial charge in [0.05, 0.1) is 0 Å². The molecule has 0 aliphatic heterocycles. The molecule has 0 aromatic heterocycles. The molecule has 1 aliphatic rings. The molecule has 1 aromatic rings. The number of hydrogen-bond donors (Lipinski definition) is 0. The molecule has 1 saturated carbocycles. The molecule has 15 heavy (non-hydrogen) atoms. The van der Waals surface area contributed by atoms with Crippen molar-refractivity contribution in [2.24, 2.45) is 0 Å². The maximum atomic E-state index is 11.2. The van der Waals surface area contributed by atoms with Gasteiger partial charge in [0.2, 0.25) is 0 Å². The van der Waals surface area contributed by atoms with E-state index in [1.54, 1.807) is 0 Å². The Morgan fingerprint density at radius 2 is 2.13 bits per heavy atom. The van der Waals surface area contributed by atoms with Crippen LogP contribution in [0.15, 0.2) is 22.7 Å². The molecule has 4 heteroatoms. The second-order valence-electron chi connectivity index (χ2n) is 3.81. The lowest BCUT2D eigenvalue weighted by molar-refractivity contribution is -0.125. The SMILES string of the molecule is Cc1cc(C2CC(=O)C2(Cl)Cl)ccc1Br. The Bertz CT molecular complexity index is 429. The van der Waals surface area contributed by atoms with Gasteiger partial charge in [-0.05, 0) is 24.1 Å². The highest BCUT2D eigenvalue weighted by atomic mass is 79.9. The zero-order chi connectivity index (χ0) is 11.2. The summed E-state index contributed by atoms with van der Waals surface area (Å²) in [5.74, 6) is -0.156. The van der Waals surface area contributed by atoms with Gasteiger partial charge in [0.25, 0.3) is 0 Å². The zero-order valence-corrected chi connectivity index (χ0v) is 11.2. The number of carbonyl (C=O) groups is 1. The van der Waals surface area contributed by atoms with Gasteiger partial charge in [0.15, 0.2) is 10.1 Å². The molecule has 0 heterocycles. The van der Waals surface area contributed by atoms with Gasteiger partial charge in [-0.3, -0.25) is 4.79 Å². The number of alkyl halides is 2. The number of ketones is 1. The molecule has 0 saturated heterocycles. The lowest BCUT2D eigenvalue weighted by Gasteiger charge is -2.38. The van der Waals surface area contributed by atoms with Crippen molar-refractivity contribution in [3.63, 3.8) is 0 Å². The van der Waals surface area contributed by atoms with E-state index in [2.05, 4.69) is 15.9 Å². The van der Waals surface area contributed by atoms with Crippen molar-refractivity contribution in [1.29, 1.82) is 0 Å². The van der Waals surface area contributed by atoms with E-state index in [4.69, 9.17) is 23.2 Å². The monoisotopic (exact) mass is 306 g/mol. The smallest absolute Gasteiger partial charge is 0.183 e. The molecule has 0 N–H and O–H groups in total. The average molecular weight is 308 g/mol. The molecule has 1 fully saturated rings. The first-order valence-electron chi connectivity index (χ1n) is 4.60. The van der Waals surface area contributed by atoms with Crippen LogP contribution >= 0.6 is 39.1 Å². The Morgan fingerprint density at radius 1 is 1.47 bits per heavy atom. The maximum Gasteiger partial charge on any atom is 0.183 e. The summed E-state index contributed by atoms with van der Waals surface area (Å²) >= 11 is 15.3. The summed E-state index contributed by atoms with van der Waals surface area (Å²) in [7, 11) is 0. The Morgan fingerprint density at radius 3 is 2.60 bits per heavy atom. The minimum absolute atomic E-state index is 0.0693. The van der Waals surface area contributed by atoms with E-state index in [1.807, 2.05) is 25.1 Å². The van der Waals surface area contributed by atoms with Crippen LogP contribution < -0.4 is 0 Å². The van der Waals surface area contributed by atoms with Crippen LogP contribution in [0.25, 0.3) is 0 Å². The third kappa shape index (κ3) is 1.83. The molecule has 0 bridgehead atoms. The normalized spacial score (nSPS) is 23.7. The Balaban J connectivity index is 2.32. The molecule has 1 unspecified atom stereocenters. The average Bonchev–Trinajstić information content (AvgIpc) is 2.19. The topological polar surface area (TPSA) is 17.1 Å². The minimum Gasteiger partial charge on any atom is -0.296 e. The second kappa shape index (κ2) is 3.76. The molecule has 2 rings (SSSR count). The highest BCUT2D eigenvalue weighted by molar-refractivity contribution is 9.10. The summed E-state index contributed by atoms with van der Waals surface area (Å²) < 4.78 is -0.174. The molecule has 0 spiro atoms. The number of aryl methyl sites for hydroxylation is 1. The number of benzene rings is 1. The van der Waals surface area contributed by atoms with Crippen molar-refractivity contribution in [2.75, 3.05) is 0 Å². The standard InChI is InChI=1S/C11H9BrCl2O/c1-6-4-7(2-3-9(6)12)8-5-10(15)11(8,13)14/h2-4,8H,5H2,1H3. The predicted molar refractivity (Wildman–Crippen MR) is 65.7 cm³/mol. The molecule has 1 aliphatic carbocycles. The van der Waals surface area contributed by atoms with E-state index >= 15 is 0 Å². The van der Waals surface area contributed by atoms with Crippen LogP contribution in [-0.2, 0) is 4.79 Å². The second-order valence-corrected chi connectivity index (χ2v) is 6.05. The van der Waals surface area contributed by atoms with Gasteiger partial charge >= 0.3 is 0 Å². The lowest BCUT2D eigenvalue weighted by atomic mass is 9.77. The third-order valence-electron chi connectivity index (χ3n) is 2.78. The molecule has 0 amide bonds. The molecule has 1 atom stereocenters. The van der Waals surface area contributed by atoms with Crippen molar-refractivity contribution in [1.82, 2.24) is 0 Å². The van der Waals surface area contributed by atoms with Gasteiger partial charge in [-0.1, -0.05) is 51.3 Å². The maximum absolute atomic E-state index is 11.2. The first kappa shape index (κ1) is 11.4. The Labute approximate surface area is 107 Å². The molecule has 0 radical (unpaired) electrons. The fraction of sp³-hybridized carbons (Fsp3) is 0.364. The summed E-state index contributed by atoms with van der Waals surface area (Å²) in [6.07, 6.45) is 0.439. The highest BCUT2D eigenvalue weighted by Crippen LogP contribution is 2.50. The highest BCUT2D eigenvalue weighted by Gasteiger charge is 2.53. The predicted octanol–water partition coefficient (Wildman–Crippen LogP) is 3.99. The van der Waals surface area contributed by atoms with Crippen LogP contribution in [-0.4, -0.2) is 10.1 Å². The fourth-order valence-electron chi connectivity index (χ4n) is 1.72. The summed E-state index contributed by atoms with van der Waals surface area (Å²) in [5.41, 5.74) is 2.15. The number of Topliss-reactive ketones (excluding diaryl/α,β-unsaturated/α-hetero) is 1. The van der Waals surface area contributed by atoms with Gasteiger partial charge < -0.3 is 0 Å². The molecule has 80 valence electrons. The number of halogens is 3. The van der Waals surface area contributed by atoms with Gasteiger partial charge in [-0.2, -0.15) is 0 Å². The van der Waals surface area contributed by atoms with Gasteiger partial charge in [0.1, 0.15) is 0 Å². The van der Waals surface area contributed by atoms with Gasteiger partial charge in [-0.25, -0.2) is 0 Å².